The van der Waals surface area contributed by atoms with Crippen LogP contribution in [0.3, 0.4) is 0 Å². The Morgan fingerprint density at radius 3 is 2.35 bits per heavy atom. The molecule has 0 amide bonds. The largest absolute Gasteiger partial charge is 0.364 e. The number of rotatable bonds is 6. The second-order valence-electron chi connectivity index (χ2n) is 7.12. The van der Waals surface area contributed by atoms with Crippen LogP contribution >= 0.6 is 11.6 Å². The third-order valence-electron chi connectivity index (χ3n) is 4.90. The van der Waals surface area contributed by atoms with Crippen LogP contribution in [0, 0.1) is 0 Å². The molecule has 0 spiro atoms. The van der Waals surface area contributed by atoms with Crippen molar-refractivity contribution < 1.29 is 0 Å². The molecule has 1 N–H and O–H groups in total. The second-order valence-corrected chi connectivity index (χ2v) is 7.51. The minimum atomic E-state index is 0.548. The molecule has 0 aliphatic rings. The normalized spacial score (nSPS) is 11.0. The van der Waals surface area contributed by atoms with Gasteiger partial charge in [-0.15, -0.1) is 0 Å². The Bertz CT molecular complexity index is 1320. The van der Waals surface area contributed by atoms with Crippen LogP contribution in [0.4, 0.5) is 5.82 Å². The van der Waals surface area contributed by atoms with Crippen molar-refractivity contribution >= 4 is 28.5 Å². The van der Waals surface area contributed by atoms with Gasteiger partial charge in [-0.3, -0.25) is 4.98 Å². The van der Waals surface area contributed by atoms with Gasteiger partial charge < -0.3 is 5.32 Å². The molecule has 31 heavy (non-hydrogen) atoms. The monoisotopic (exact) mass is 426 g/mol. The van der Waals surface area contributed by atoms with E-state index in [2.05, 4.69) is 10.3 Å². The third-order valence-corrected chi connectivity index (χ3v) is 5.21. The van der Waals surface area contributed by atoms with Gasteiger partial charge in [0.2, 0.25) is 0 Å². The van der Waals surface area contributed by atoms with Gasteiger partial charge in [0.1, 0.15) is 16.5 Å². The number of hydrogen-bond acceptors (Lipinski definition) is 5. The van der Waals surface area contributed by atoms with Gasteiger partial charge in [-0.2, -0.15) is 5.10 Å². The van der Waals surface area contributed by atoms with E-state index >= 15 is 0 Å². The van der Waals surface area contributed by atoms with Crippen LogP contribution in [0.1, 0.15) is 11.1 Å². The number of anilines is 1. The first-order chi connectivity index (χ1) is 15.3. The summed E-state index contributed by atoms with van der Waals surface area (Å²) in [4.78, 5) is 13.8. The quantitative estimate of drug-likeness (QED) is 0.404. The lowest BCUT2D eigenvalue weighted by Crippen LogP contribution is -2.06. The zero-order valence-corrected chi connectivity index (χ0v) is 17.4. The predicted molar refractivity (Wildman–Crippen MR) is 123 cm³/mol. The minimum absolute atomic E-state index is 0.548. The van der Waals surface area contributed by atoms with Gasteiger partial charge >= 0.3 is 0 Å². The molecule has 5 rings (SSSR count). The number of hydrogen-bond donors (Lipinski definition) is 1. The van der Waals surface area contributed by atoms with E-state index in [1.165, 1.54) is 0 Å². The number of nitrogens with zero attached hydrogens (tertiary/aromatic N) is 5. The van der Waals surface area contributed by atoms with Crippen molar-refractivity contribution in [2.24, 2.45) is 0 Å². The van der Waals surface area contributed by atoms with Gasteiger partial charge in [0, 0.05) is 25.0 Å². The van der Waals surface area contributed by atoms with Crippen LogP contribution in [0.5, 0.6) is 0 Å². The molecule has 0 fully saturated rings. The standard InChI is InChI=1S/C24H19ClN6/c25-22-13-21(30-31(22)16-17-7-2-1-3-8-17)23-24(27-15-18-9-6-12-26-14-18)29-20-11-5-4-10-19(20)28-23/h1-14H,15-16H2,(H,27,29). The van der Waals surface area contributed by atoms with E-state index in [4.69, 9.17) is 26.7 Å². The summed E-state index contributed by atoms with van der Waals surface area (Å²) in [6.07, 6.45) is 3.58. The molecule has 0 radical (unpaired) electrons. The highest BCUT2D eigenvalue weighted by Crippen LogP contribution is 2.29. The van der Waals surface area contributed by atoms with E-state index in [-0.39, 0.29) is 0 Å². The molecule has 0 atom stereocenters. The maximum atomic E-state index is 6.51. The third kappa shape index (κ3) is 4.25. The van der Waals surface area contributed by atoms with Crippen LogP contribution in [0.25, 0.3) is 22.4 Å². The Morgan fingerprint density at radius 1 is 0.839 bits per heavy atom. The lowest BCUT2D eigenvalue weighted by atomic mass is 10.2. The summed E-state index contributed by atoms with van der Waals surface area (Å²) in [5.41, 5.74) is 5.13. The Morgan fingerprint density at radius 2 is 1.58 bits per heavy atom. The number of pyridine rings is 1. The number of benzene rings is 2. The van der Waals surface area contributed by atoms with Crippen molar-refractivity contribution in [1.82, 2.24) is 24.7 Å². The highest BCUT2D eigenvalue weighted by atomic mass is 35.5. The molecule has 7 heteroatoms. The molecule has 5 aromatic rings. The molecule has 6 nitrogen and oxygen atoms in total. The van der Waals surface area contributed by atoms with Crippen molar-refractivity contribution in [1.29, 1.82) is 0 Å². The van der Waals surface area contributed by atoms with E-state index in [1.807, 2.05) is 79.0 Å². The van der Waals surface area contributed by atoms with Crippen molar-refractivity contribution in [3.63, 3.8) is 0 Å². The highest BCUT2D eigenvalue weighted by molar-refractivity contribution is 6.29. The summed E-state index contributed by atoms with van der Waals surface area (Å²) in [5, 5.41) is 8.67. The van der Waals surface area contributed by atoms with Gasteiger partial charge in [-0.25, -0.2) is 14.6 Å². The molecular formula is C24H19ClN6. The van der Waals surface area contributed by atoms with Crippen molar-refractivity contribution in [3.8, 4) is 11.4 Å². The molecule has 0 unspecified atom stereocenters. The fourth-order valence-corrected chi connectivity index (χ4v) is 3.57. The average molecular weight is 427 g/mol. The first-order valence-corrected chi connectivity index (χ1v) is 10.3. The first kappa shape index (κ1) is 19.2. The summed E-state index contributed by atoms with van der Waals surface area (Å²) in [5.74, 6) is 0.656. The molecule has 0 saturated heterocycles. The van der Waals surface area contributed by atoms with E-state index in [9.17, 15) is 0 Å². The van der Waals surface area contributed by atoms with E-state index in [0.717, 1.165) is 22.2 Å². The number of fused-ring (bicyclic) bond motifs is 1. The summed E-state index contributed by atoms with van der Waals surface area (Å²) in [6.45, 7) is 1.16. The lowest BCUT2D eigenvalue weighted by Gasteiger charge is -2.11. The van der Waals surface area contributed by atoms with E-state index in [1.54, 1.807) is 10.9 Å². The molecule has 3 aromatic heterocycles. The Hall–Kier alpha value is -3.77. The van der Waals surface area contributed by atoms with Crippen LogP contribution < -0.4 is 5.32 Å². The van der Waals surface area contributed by atoms with Gasteiger partial charge in [0.05, 0.1) is 17.6 Å². The SMILES string of the molecule is Clc1cc(-c2nc3ccccc3nc2NCc2cccnc2)nn1Cc1ccccc1. The minimum Gasteiger partial charge on any atom is -0.364 e. The molecule has 0 aliphatic heterocycles. The number of nitrogens with one attached hydrogen (secondary N) is 1. The smallest absolute Gasteiger partial charge is 0.155 e. The fraction of sp³-hybridized carbons (Fsp3) is 0.0833. The number of halogens is 1. The van der Waals surface area contributed by atoms with E-state index < -0.39 is 0 Å². The maximum Gasteiger partial charge on any atom is 0.155 e. The van der Waals surface area contributed by atoms with Crippen LogP contribution in [0.2, 0.25) is 5.15 Å². The number of aromatic nitrogens is 5. The van der Waals surface area contributed by atoms with Crippen LogP contribution in [-0.4, -0.2) is 24.7 Å². The van der Waals surface area contributed by atoms with Crippen molar-refractivity contribution in [3.05, 3.63) is 101 Å². The zero-order chi connectivity index (χ0) is 21.0. The second kappa shape index (κ2) is 8.53. The Labute approximate surface area is 184 Å². The maximum absolute atomic E-state index is 6.51. The number of para-hydroxylation sites is 2. The molecule has 152 valence electrons. The lowest BCUT2D eigenvalue weighted by molar-refractivity contribution is 0.690. The summed E-state index contributed by atoms with van der Waals surface area (Å²) in [6, 6.07) is 23.6. The highest BCUT2D eigenvalue weighted by Gasteiger charge is 2.16. The fourth-order valence-electron chi connectivity index (χ4n) is 3.37. The molecule has 2 aromatic carbocycles. The molecule has 0 bridgehead atoms. The van der Waals surface area contributed by atoms with Gasteiger partial charge in [0.25, 0.3) is 0 Å². The average Bonchev–Trinajstić information content (AvgIpc) is 3.18. The van der Waals surface area contributed by atoms with Crippen molar-refractivity contribution in [2.45, 2.75) is 13.1 Å². The first-order valence-electron chi connectivity index (χ1n) is 9.93. The summed E-state index contributed by atoms with van der Waals surface area (Å²) < 4.78 is 1.77. The Balaban J connectivity index is 1.52. The summed E-state index contributed by atoms with van der Waals surface area (Å²) >= 11 is 6.51. The predicted octanol–water partition coefficient (Wildman–Crippen LogP) is 5.20. The van der Waals surface area contributed by atoms with Crippen LogP contribution in [0.15, 0.2) is 85.2 Å². The van der Waals surface area contributed by atoms with Gasteiger partial charge in [-0.05, 0) is 29.3 Å². The van der Waals surface area contributed by atoms with Crippen molar-refractivity contribution in [2.75, 3.05) is 5.32 Å². The van der Waals surface area contributed by atoms with E-state index in [0.29, 0.717) is 35.4 Å². The van der Waals surface area contributed by atoms with Crippen LogP contribution in [-0.2, 0) is 13.1 Å². The molecule has 0 aliphatic carbocycles. The zero-order valence-electron chi connectivity index (χ0n) is 16.6. The van der Waals surface area contributed by atoms with Gasteiger partial charge in [-0.1, -0.05) is 60.1 Å². The molecule has 3 heterocycles. The molecular weight excluding hydrogens is 408 g/mol. The summed E-state index contributed by atoms with van der Waals surface area (Å²) in [7, 11) is 0. The van der Waals surface area contributed by atoms with Gasteiger partial charge in [0.15, 0.2) is 5.82 Å². The molecule has 0 saturated carbocycles. The Kier molecular flexibility index (Phi) is 5.29. The topological polar surface area (TPSA) is 68.5 Å².